The van der Waals surface area contributed by atoms with E-state index in [0.717, 1.165) is 12.2 Å². The van der Waals surface area contributed by atoms with Crippen molar-refractivity contribution >= 4 is 0 Å². The number of benzene rings is 1. The fraction of sp³-hybridized carbons (Fsp3) is 0.556. The van der Waals surface area contributed by atoms with Gasteiger partial charge in [0.15, 0.2) is 0 Å². The van der Waals surface area contributed by atoms with Crippen molar-refractivity contribution in [3.8, 4) is 5.75 Å². The normalized spacial score (nSPS) is 9.26. The molecule has 1 nitrogen and oxygen atoms in total. The molecule has 0 spiro atoms. The molecule has 0 atom stereocenters. The second-order valence-electron chi connectivity index (χ2n) is 3.92. The highest BCUT2D eigenvalue weighted by atomic mass is 16.5. The molecule has 19 heavy (non-hydrogen) atoms. The lowest BCUT2D eigenvalue weighted by molar-refractivity contribution is 0.357. The van der Waals surface area contributed by atoms with Gasteiger partial charge >= 0.3 is 0 Å². The molecule has 0 bridgehead atoms. The zero-order valence-electron chi connectivity index (χ0n) is 14.1. The van der Waals surface area contributed by atoms with Gasteiger partial charge in [-0.05, 0) is 38.3 Å². The lowest BCUT2D eigenvalue weighted by atomic mass is 10.1. The Labute approximate surface area is 120 Å². The highest BCUT2D eigenvalue weighted by Crippen LogP contribution is 2.24. The number of hydrogen-bond donors (Lipinski definition) is 0. The maximum Gasteiger partial charge on any atom is 0.125 e. The fourth-order valence-electron chi connectivity index (χ4n) is 1.76. The van der Waals surface area contributed by atoms with E-state index in [-0.39, 0.29) is 0 Å². The third-order valence-corrected chi connectivity index (χ3v) is 2.33. The minimum atomic E-state index is 0.665. The Bertz CT molecular complexity index is 328. The lowest BCUT2D eigenvalue weighted by Gasteiger charge is -2.11. The first-order chi connectivity index (χ1) is 9.15. The zero-order chi connectivity index (χ0) is 15.3. The first-order valence-electron chi connectivity index (χ1n) is 7.50. The zero-order valence-corrected chi connectivity index (χ0v) is 14.1. The van der Waals surface area contributed by atoms with E-state index < -0.39 is 0 Å². The van der Waals surface area contributed by atoms with E-state index >= 15 is 0 Å². The van der Waals surface area contributed by atoms with Crippen molar-refractivity contribution in [3.63, 3.8) is 0 Å². The maximum absolute atomic E-state index is 5.74. The van der Waals surface area contributed by atoms with Gasteiger partial charge in [0.25, 0.3) is 0 Å². The third-order valence-electron chi connectivity index (χ3n) is 2.33. The molecule has 0 unspecified atom stereocenters. The number of hydrogen-bond acceptors (Lipinski definition) is 1. The van der Waals surface area contributed by atoms with Crippen molar-refractivity contribution < 1.29 is 4.74 Å². The van der Waals surface area contributed by atoms with Crippen LogP contribution in [0.2, 0.25) is 0 Å². The Morgan fingerprint density at radius 1 is 0.895 bits per heavy atom. The van der Waals surface area contributed by atoms with Crippen LogP contribution in [0.5, 0.6) is 5.75 Å². The molecule has 0 aromatic heterocycles. The standard InChI is InChI=1S/C14H20O.2C2H6/c1-5-6-7-8-15-14-12(3)9-11(2)10-13(14)4;2*1-2/h6-7,9-10H,5,8H2,1-4H3;2*1-2H3/b7-6+;;. The van der Waals surface area contributed by atoms with Gasteiger partial charge in [-0.15, -0.1) is 0 Å². The Balaban J connectivity index is 0. The molecule has 0 N–H and O–H groups in total. The molecule has 0 radical (unpaired) electrons. The quantitative estimate of drug-likeness (QED) is 0.605. The summed E-state index contributed by atoms with van der Waals surface area (Å²) in [7, 11) is 0. The van der Waals surface area contributed by atoms with E-state index in [1.54, 1.807) is 0 Å². The van der Waals surface area contributed by atoms with Crippen molar-refractivity contribution in [1.29, 1.82) is 0 Å². The molecule has 0 amide bonds. The summed E-state index contributed by atoms with van der Waals surface area (Å²) in [6.45, 7) is 17.1. The molecule has 1 aromatic carbocycles. The van der Waals surface area contributed by atoms with Crippen LogP contribution < -0.4 is 4.74 Å². The molecule has 0 aliphatic rings. The van der Waals surface area contributed by atoms with Crippen molar-refractivity contribution in [2.45, 2.75) is 61.8 Å². The molecule has 0 saturated heterocycles. The van der Waals surface area contributed by atoms with Crippen LogP contribution in [0.3, 0.4) is 0 Å². The molecule has 0 heterocycles. The second-order valence-corrected chi connectivity index (χ2v) is 3.92. The van der Waals surface area contributed by atoms with Gasteiger partial charge in [-0.1, -0.05) is 64.5 Å². The van der Waals surface area contributed by atoms with Gasteiger partial charge in [-0.25, -0.2) is 0 Å². The smallest absolute Gasteiger partial charge is 0.125 e. The summed E-state index contributed by atoms with van der Waals surface area (Å²) in [6.07, 6.45) is 5.26. The largest absolute Gasteiger partial charge is 0.489 e. The Morgan fingerprint density at radius 3 is 1.79 bits per heavy atom. The Hall–Kier alpha value is -1.24. The van der Waals surface area contributed by atoms with Gasteiger partial charge in [0.2, 0.25) is 0 Å². The van der Waals surface area contributed by atoms with E-state index in [4.69, 9.17) is 4.74 Å². The molecule has 1 heteroatoms. The van der Waals surface area contributed by atoms with Crippen LogP contribution in [-0.2, 0) is 0 Å². The van der Waals surface area contributed by atoms with Crippen molar-refractivity contribution in [2.75, 3.05) is 6.61 Å². The van der Waals surface area contributed by atoms with Gasteiger partial charge in [0.1, 0.15) is 12.4 Å². The van der Waals surface area contributed by atoms with Crippen molar-refractivity contribution in [1.82, 2.24) is 0 Å². The molecule has 0 aliphatic carbocycles. The average molecular weight is 264 g/mol. The summed E-state index contributed by atoms with van der Waals surface area (Å²) >= 11 is 0. The van der Waals surface area contributed by atoms with Crippen LogP contribution >= 0.6 is 0 Å². The lowest BCUT2D eigenvalue weighted by Crippen LogP contribution is -1.98. The van der Waals surface area contributed by atoms with Crippen LogP contribution in [0.25, 0.3) is 0 Å². The van der Waals surface area contributed by atoms with Crippen molar-refractivity contribution in [2.24, 2.45) is 0 Å². The number of ether oxygens (including phenoxy) is 1. The highest BCUT2D eigenvalue weighted by Gasteiger charge is 2.03. The van der Waals surface area contributed by atoms with Gasteiger partial charge in [-0.2, -0.15) is 0 Å². The number of rotatable bonds is 4. The molecule has 0 saturated carbocycles. The molecule has 1 rings (SSSR count). The summed E-state index contributed by atoms with van der Waals surface area (Å²) < 4.78 is 5.74. The summed E-state index contributed by atoms with van der Waals surface area (Å²) in [5, 5.41) is 0. The first-order valence-corrected chi connectivity index (χ1v) is 7.50. The average Bonchev–Trinajstić information content (AvgIpc) is 2.41. The Morgan fingerprint density at radius 2 is 1.37 bits per heavy atom. The van der Waals surface area contributed by atoms with E-state index in [2.05, 4.69) is 52.0 Å². The summed E-state index contributed by atoms with van der Waals surface area (Å²) in [6, 6.07) is 4.32. The van der Waals surface area contributed by atoms with Crippen molar-refractivity contribution in [3.05, 3.63) is 41.0 Å². The van der Waals surface area contributed by atoms with Gasteiger partial charge in [0.05, 0.1) is 0 Å². The first kappa shape index (κ1) is 20.1. The summed E-state index contributed by atoms with van der Waals surface area (Å²) in [5.41, 5.74) is 3.73. The molecule has 110 valence electrons. The predicted molar refractivity (Wildman–Crippen MR) is 88.3 cm³/mol. The summed E-state index contributed by atoms with van der Waals surface area (Å²) in [5.74, 6) is 1.03. The van der Waals surface area contributed by atoms with E-state index in [9.17, 15) is 0 Å². The Kier molecular flexibility index (Phi) is 14.0. The van der Waals surface area contributed by atoms with Gasteiger partial charge in [0, 0.05) is 0 Å². The second kappa shape index (κ2) is 13.2. The number of allylic oxidation sites excluding steroid dienone is 1. The van der Waals surface area contributed by atoms with E-state index in [0.29, 0.717) is 6.61 Å². The van der Waals surface area contributed by atoms with Gasteiger partial charge in [-0.3, -0.25) is 0 Å². The third kappa shape index (κ3) is 8.47. The van der Waals surface area contributed by atoms with Gasteiger partial charge < -0.3 is 4.74 Å². The molecule has 1 aromatic rings. The minimum Gasteiger partial charge on any atom is -0.489 e. The van der Waals surface area contributed by atoms with E-state index in [1.807, 2.05) is 27.7 Å². The molecule has 0 aliphatic heterocycles. The minimum absolute atomic E-state index is 0.665. The van der Waals surface area contributed by atoms with Crippen LogP contribution in [0.4, 0.5) is 0 Å². The fourth-order valence-corrected chi connectivity index (χ4v) is 1.76. The summed E-state index contributed by atoms with van der Waals surface area (Å²) in [4.78, 5) is 0. The predicted octanol–water partition coefficient (Wildman–Crippen LogP) is 6.01. The monoisotopic (exact) mass is 264 g/mol. The molecular weight excluding hydrogens is 232 g/mol. The maximum atomic E-state index is 5.74. The number of aryl methyl sites for hydroxylation is 3. The van der Waals surface area contributed by atoms with E-state index in [1.165, 1.54) is 16.7 Å². The topological polar surface area (TPSA) is 9.23 Å². The molecular formula is C18H32O. The van der Waals surface area contributed by atoms with Crippen LogP contribution in [0.15, 0.2) is 24.3 Å². The van der Waals surface area contributed by atoms with Crippen LogP contribution in [-0.4, -0.2) is 6.61 Å². The van der Waals surface area contributed by atoms with Crippen LogP contribution in [0, 0.1) is 20.8 Å². The SMILES string of the molecule is CC.CC.CC/C=C/COc1c(C)cc(C)cc1C. The van der Waals surface area contributed by atoms with Crippen LogP contribution in [0.1, 0.15) is 57.7 Å². The highest BCUT2D eigenvalue weighted by molar-refractivity contribution is 5.42. The molecule has 0 fully saturated rings.